The zero-order valence-corrected chi connectivity index (χ0v) is 33.1. The second kappa shape index (κ2) is 16.6. The number of hydrogen-bond donors (Lipinski definition) is 0. The second-order valence-corrected chi connectivity index (χ2v) is 19.7. The Balaban J connectivity index is 0.000000219. The fourth-order valence-corrected chi connectivity index (χ4v) is 12.7. The molecule has 0 radical (unpaired) electrons. The van der Waals surface area contributed by atoms with Crippen LogP contribution in [-0.2, 0) is 44.9 Å². The smallest absolute Gasteiger partial charge is 0.305 e. The summed E-state index contributed by atoms with van der Waals surface area (Å²) in [4.78, 5) is 55.4. The average molecular weight is 773 g/mol. The third kappa shape index (κ3) is 8.46. The maximum Gasteiger partial charge on any atom is 0.305 e. The van der Waals surface area contributed by atoms with Crippen LogP contribution in [0.1, 0.15) is 78.6 Å². The molecule has 0 spiro atoms. The molecule has 288 valence electrons. The van der Waals surface area contributed by atoms with Crippen LogP contribution >= 0.6 is 0 Å². The van der Waals surface area contributed by atoms with Crippen molar-refractivity contribution >= 4 is 44.3 Å². The Hall–Kier alpha value is -3.60. The molecule has 54 heavy (non-hydrogen) atoms. The third-order valence-corrected chi connectivity index (χ3v) is 16.1. The molecule has 4 aliphatic rings. The van der Waals surface area contributed by atoms with Crippen molar-refractivity contribution in [2.45, 2.75) is 93.2 Å². The highest BCUT2D eigenvalue weighted by Gasteiger charge is 2.66. The number of rotatable bonds is 10. The van der Waals surface area contributed by atoms with Crippen LogP contribution in [0.2, 0.25) is 0 Å². The largest absolute Gasteiger partial charge is 0.748 e. The number of hydrogen-bond acceptors (Lipinski definition) is 8. The summed E-state index contributed by atoms with van der Waals surface area (Å²) in [6, 6.07) is 32.2. The summed E-state index contributed by atoms with van der Waals surface area (Å²) in [5, 5.41) is 0. The molecule has 8 atom stereocenters. The van der Waals surface area contributed by atoms with Crippen LogP contribution in [0.3, 0.4) is 0 Å². The van der Waals surface area contributed by atoms with Crippen LogP contribution in [0, 0.1) is 46.3 Å². The molecule has 0 saturated heterocycles. The number of benzene rings is 3. The van der Waals surface area contributed by atoms with Gasteiger partial charge in [-0.05, 0) is 97.1 Å². The molecule has 4 saturated carbocycles. The van der Waals surface area contributed by atoms with Gasteiger partial charge in [0.15, 0.2) is 14.7 Å². The first-order valence-electron chi connectivity index (χ1n) is 19.3. The molecule has 10 heteroatoms. The van der Waals surface area contributed by atoms with Crippen molar-refractivity contribution < 1.29 is 36.9 Å². The number of fused-ring (bicyclic) bond motifs is 5. The zero-order valence-electron chi connectivity index (χ0n) is 31.5. The van der Waals surface area contributed by atoms with Gasteiger partial charge in [-0.25, -0.2) is 8.42 Å². The van der Waals surface area contributed by atoms with E-state index in [1.54, 1.807) is 0 Å². The minimum absolute atomic E-state index is 0.00156. The van der Waals surface area contributed by atoms with Crippen LogP contribution in [0.25, 0.3) is 0 Å². The van der Waals surface area contributed by atoms with E-state index in [0.717, 1.165) is 19.3 Å². The van der Waals surface area contributed by atoms with Crippen LogP contribution in [0.15, 0.2) is 106 Å². The van der Waals surface area contributed by atoms with Gasteiger partial charge in [0.2, 0.25) is 0 Å². The van der Waals surface area contributed by atoms with Gasteiger partial charge >= 0.3 is 5.97 Å². The van der Waals surface area contributed by atoms with Crippen LogP contribution in [-0.4, -0.2) is 48.6 Å². The maximum atomic E-state index is 13.8. The summed E-state index contributed by atoms with van der Waals surface area (Å²) in [6.45, 7) is 5.80. The SMILES string of the molecule is C[C@H](CCC(=O)OCCS(=O)(=O)[O-])[C@H]1CC[C@H]2[C@@H]3C(=O)C[C@@H]4CC(=O)CC[C@]4(C)[C@H]3CC(=O)[C@]12C.c1ccc([S+](c2ccccc2)c2ccccc2)cc1. The van der Waals surface area contributed by atoms with E-state index in [9.17, 15) is 32.1 Å². The molecule has 0 unspecified atom stereocenters. The fraction of sp³-hybridized carbons (Fsp3) is 0.500. The number of ketones is 3. The van der Waals surface area contributed by atoms with E-state index in [-0.39, 0.29) is 75.6 Å². The van der Waals surface area contributed by atoms with Crippen molar-refractivity contribution in [1.29, 1.82) is 0 Å². The monoisotopic (exact) mass is 772 g/mol. The summed E-state index contributed by atoms with van der Waals surface area (Å²) < 4.78 is 36.9. The van der Waals surface area contributed by atoms with Crippen molar-refractivity contribution in [3.63, 3.8) is 0 Å². The zero-order chi connectivity index (χ0) is 38.7. The lowest BCUT2D eigenvalue weighted by molar-refractivity contribution is -0.166. The summed E-state index contributed by atoms with van der Waals surface area (Å²) >= 11 is 0. The van der Waals surface area contributed by atoms with Crippen molar-refractivity contribution in [2.24, 2.45) is 46.3 Å². The van der Waals surface area contributed by atoms with Crippen LogP contribution in [0.5, 0.6) is 0 Å². The molecule has 3 aromatic rings. The molecular formula is C44H52O8S2. The minimum Gasteiger partial charge on any atom is -0.748 e. The summed E-state index contributed by atoms with van der Waals surface area (Å²) in [5.41, 5.74) is -0.751. The number of ether oxygens (including phenoxy) is 1. The molecule has 4 fully saturated rings. The first-order valence-corrected chi connectivity index (χ1v) is 22.1. The molecule has 0 N–H and O–H groups in total. The predicted octanol–water partition coefficient (Wildman–Crippen LogP) is 7.86. The van der Waals surface area contributed by atoms with Crippen LogP contribution in [0.4, 0.5) is 0 Å². The van der Waals surface area contributed by atoms with Crippen molar-refractivity contribution in [3.8, 4) is 0 Å². The second-order valence-electron chi connectivity index (χ2n) is 16.2. The molecule has 0 amide bonds. The third-order valence-electron chi connectivity index (χ3n) is 13.2. The van der Waals surface area contributed by atoms with Crippen LogP contribution < -0.4 is 0 Å². The van der Waals surface area contributed by atoms with Crippen molar-refractivity contribution in [1.82, 2.24) is 0 Å². The van der Waals surface area contributed by atoms with E-state index < -0.39 is 33.9 Å². The van der Waals surface area contributed by atoms with E-state index >= 15 is 0 Å². The first kappa shape index (κ1) is 40.1. The average Bonchev–Trinajstić information content (AvgIpc) is 3.51. The molecular weight excluding hydrogens is 721 g/mol. The van der Waals surface area contributed by atoms with Gasteiger partial charge in [-0.15, -0.1) is 0 Å². The Morgan fingerprint density at radius 1 is 0.833 bits per heavy atom. The molecule has 0 aromatic heterocycles. The highest BCUT2D eigenvalue weighted by atomic mass is 32.2. The number of carbonyl (C=O) groups excluding carboxylic acids is 4. The number of carbonyl (C=O) groups is 4. The Morgan fingerprint density at radius 3 is 1.93 bits per heavy atom. The quantitative estimate of drug-likeness (QED) is 0.116. The van der Waals surface area contributed by atoms with E-state index in [2.05, 4.69) is 97.9 Å². The molecule has 8 nitrogen and oxygen atoms in total. The van der Waals surface area contributed by atoms with E-state index in [1.165, 1.54) is 14.7 Å². The summed E-state index contributed by atoms with van der Waals surface area (Å²) in [6.07, 6.45) is 4.81. The summed E-state index contributed by atoms with van der Waals surface area (Å²) in [7, 11) is -4.44. The highest BCUT2D eigenvalue weighted by Crippen LogP contribution is 2.66. The predicted molar refractivity (Wildman–Crippen MR) is 206 cm³/mol. The van der Waals surface area contributed by atoms with Gasteiger partial charge < -0.3 is 9.29 Å². The minimum atomic E-state index is -4.43. The Bertz CT molecular complexity index is 1820. The number of Topliss-reactive ketones (excluding diaryl/α,β-unsaturated/α-hetero) is 3. The Morgan fingerprint density at radius 2 is 1.39 bits per heavy atom. The number of esters is 1. The fourth-order valence-electron chi connectivity index (χ4n) is 10.3. The molecule has 0 aliphatic heterocycles. The molecule has 3 aromatic carbocycles. The van der Waals surface area contributed by atoms with Crippen molar-refractivity contribution in [3.05, 3.63) is 91.0 Å². The van der Waals surface area contributed by atoms with Crippen molar-refractivity contribution in [2.75, 3.05) is 12.4 Å². The lowest BCUT2D eigenvalue weighted by Crippen LogP contribution is -2.60. The van der Waals surface area contributed by atoms with E-state index in [4.69, 9.17) is 4.74 Å². The van der Waals surface area contributed by atoms with E-state index in [0.29, 0.717) is 32.1 Å². The lowest BCUT2D eigenvalue weighted by Gasteiger charge is -2.58. The maximum absolute atomic E-state index is 13.8. The highest BCUT2D eigenvalue weighted by molar-refractivity contribution is 7.97. The topological polar surface area (TPSA) is 135 Å². The van der Waals surface area contributed by atoms with Gasteiger partial charge in [-0.2, -0.15) is 0 Å². The molecule has 0 heterocycles. The van der Waals surface area contributed by atoms with Gasteiger partial charge in [-0.1, -0.05) is 75.4 Å². The first-order chi connectivity index (χ1) is 25.7. The Kier molecular flexibility index (Phi) is 12.3. The standard InChI is InChI=1S/C26H38O8S.C18H15S/c1-15(4-7-23(30)34-10-11-35(31,32)33)18-5-6-19-24-20(14-22(29)26(18,19)3)25(2)9-8-17(27)12-16(25)13-21(24)28;1-4-10-16(11-5-1)19(17-12-6-2-7-13-17)18-14-8-3-9-15-18/h15-16,18-20,24H,4-14H2,1-3H3,(H,31,32,33);1-15H/q;+1/p-1/t15-,16+,18-,19+,20+,24+,25+,26-;/m1./s1. The molecule has 7 rings (SSSR count). The van der Waals surface area contributed by atoms with Gasteiger partial charge in [0.05, 0.1) is 26.8 Å². The molecule has 4 aliphatic carbocycles. The lowest BCUT2D eigenvalue weighted by atomic mass is 9.44. The molecule has 0 bridgehead atoms. The van der Waals surface area contributed by atoms with Gasteiger partial charge in [-0.3, -0.25) is 19.2 Å². The summed E-state index contributed by atoms with van der Waals surface area (Å²) in [5.74, 6) is -0.594. The van der Waals surface area contributed by atoms with E-state index in [1.807, 2.05) is 13.8 Å². The normalized spacial score (nSPS) is 29.6. The van der Waals surface area contributed by atoms with Gasteiger partial charge in [0, 0.05) is 43.4 Å². The Labute approximate surface area is 322 Å². The van der Waals surface area contributed by atoms with Gasteiger partial charge in [0.25, 0.3) is 0 Å². The van der Waals surface area contributed by atoms with Gasteiger partial charge in [0.1, 0.15) is 24.0 Å².